The van der Waals surface area contributed by atoms with Crippen molar-refractivity contribution in [3.63, 3.8) is 0 Å². The maximum Gasteiger partial charge on any atom is 0.141 e. The molecule has 0 bridgehead atoms. The van der Waals surface area contributed by atoms with Gasteiger partial charge in [0.2, 0.25) is 0 Å². The highest BCUT2D eigenvalue weighted by atomic mass is 35.5. The van der Waals surface area contributed by atoms with Gasteiger partial charge in [0, 0.05) is 6.04 Å². The van der Waals surface area contributed by atoms with Crippen LogP contribution in [0.4, 0.5) is 4.39 Å². The number of nitrogens with one attached hydrogen (secondary N) is 1. The zero-order valence-electron chi connectivity index (χ0n) is 11.3. The van der Waals surface area contributed by atoms with Crippen LogP contribution in [0, 0.1) is 17.7 Å². The van der Waals surface area contributed by atoms with E-state index in [0.29, 0.717) is 11.8 Å². The molecule has 1 saturated carbocycles. The van der Waals surface area contributed by atoms with E-state index >= 15 is 0 Å². The van der Waals surface area contributed by atoms with Crippen LogP contribution < -0.4 is 11.3 Å². The molecule has 0 aromatic heterocycles. The molecule has 106 valence electrons. The summed E-state index contributed by atoms with van der Waals surface area (Å²) >= 11 is 5.88. The van der Waals surface area contributed by atoms with Gasteiger partial charge in [0.1, 0.15) is 5.82 Å². The Labute approximate surface area is 119 Å². The zero-order chi connectivity index (χ0) is 13.8. The molecule has 1 fully saturated rings. The Morgan fingerprint density at radius 1 is 1.42 bits per heavy atom. The summed E-state index contributed by atoms with van der Waals surface area (Å²) in [7, 11) is 0. The highest BCUT2D eigenvalue weighted by molar-refractivity contribution is 6.30. The molecule has 0 aliphatic heterocycles. The molecule has 2 nitrogen and oxygen atoms in total. The van der Waals surface area contributed by atoms with E-state index in [1.165, 1.54) is 31.7 Å². The third-order valence-corrected chi connectivity index (χ3v) is 4.69. The Bertz CT molecular complexity index is 425. The van der Waals surface area contributed by atoms with Crippen LogP contribution in [0.5, 0.6) is 0 Å². The van der Waals surface area contributed by atoms with Gasteiger partial charge < -0.3 is 0 Å². The smallest absolute Gasteiger partial charge is 0.141 e. The van der Waals surface area contributed by atoms with E-state index < -0.39 is 0 Å². The quantitative estimate of drug-likeness (QED) is 0.642. The van der Waals surface area contributed by atoms with E-state index in [9.17, 15) is 4.39 Å². The monoisotopic (exact) mass is 284 g/mol. The highest BCUT2D eigenvalue weighted by Crippen LogP contribution is 2.40. The lowest BCUT2D eigenvalue weighted by molar-refractivity contribution is 0.176. The van der Waals surface area contributed by atoms with Crippen molar-refractivity contribution in [3.05, 3.63) is 34.6 Å². The molecule has 19 heavy (non-hydrogen) atoms. The van der Waals surface area contributed by atoms with E-state index in [2.05, 4.69) is 12.3 Å². The van der Waals surface area contributed by atoms with Crippen molar-refractivity contribution >= 4 is 11.6 Å². The van der Waals surface area contributed by atoms with Gasteiger partial charge >= 0.3 is 0 Å². The fraction of sp³-hybridized carbons (Fsp3) is 0.600. The van der Waals surface area contributed by atoms with Crippen molar-refractivity contribution in [2.24, 2.45) is 17.7 Å². The van der Waals surface area contributed by atoms with Crippen LogP contribution in [0.2, 0.25) is 5.02 Å². The summed E-state index contributed by atoms with van der Waals surface area (Å²) in [5, 5.41) is 0.168. The van der Waals surface area contributed by atoms with Gasteiger partial charge in [0.25, 0.3) is 0 Å². The molecular weight excluding hydrogens is 263 g/mol. The molecule has 0 spiro atoms. The lowest BCUT2D eigenvalue weighted by Crippen LogP contribution is -2.38. The molecule has 3 unspecified atom stereocenters. The molecule has 0 radical (unpaired) electrons. The summed E-state index contributed by atoms with van der Waals surface area (Å²) in [6, 6.07) is 4.96. The van der Waals surface area contributed by atoms with Gasteiger partial charge in [0.05, 0.1) is 5.02 Å². The second-order valence-corrected chi connectivity index (χ2v) is 5.84. The van der Waals surface area contributed by atoms with Crippen molar-refractivity contribution in [2.75, 3.05) is 0 Å². The van der Waals surface area contributed by atoms with Gasteiger partial charge in [-0.1, -0.05) is 50.3 Å². The molecule has 0 saturated heterocycles. The molecule has 3 N–H and O–H groups in total. The van der Waals surface area contributed by atoms with E-state index in [-0.39, 0.29) is 16.9 Å². The number of nitrogens with two attached hydrogens (primary N) is 1. The molecular formula is C15H22ClFN2. The number of hydrogen-bond donors (Lipinski definition) is 2. The van der Waals surface area contributed by atoms with Crippen LogP contribution in [-0.4, -0.2) is 0 Å². The summed E-state index contributed by atoms with van der Waals surface area (Å²) in [5.41, 5.74) is 3.90. The fourth-order valence-corrected chi connectivity index (χ4v) is 3.54. The molecule has 1 aliphatic carbocycles. The van der Waals surface area contributed by atoms with E-state index in [4.69, 9.17) is 17.4 Å². The third kappa shape index (κ3) is 3.28. The second kappa shape index (κ2) is 6.69. The number of hydrazine groups is 1. The van der Waals surface area contributed by atoms with Gasteiger partial charge in [-0.2, -0.15) is 0 Å². The first kappa shape index (κ1) is 14.8. The Morgan fingerprint density at radius 3 is 2.79 bits per heavy atom. The zero-order valence-corrected chi connectivity index (χ0v) is 12.1. The molecule has 4 heteroatoms. The van der Waals surface area contributed by atoms with Crippen LogP contribution in [0.1, 0.15) is 50.6 Å². The number of benzene rings is 1. The van der Waals surface area contributed by atoms with Gasteiger partial charge in [-0.15, -0.1) is 0 Å². The van der Waals surface area contributed by atoms with Crippen LogP contribution in [0.25, 0.3) is 0 Å². The van der Waals surface area contributed by atoms with Crippen molar-refractivity contribution in [1.82, 2.24) is 5.43 Å². The van der Waals surface area contributed by atoms with Crippen LogP contribution in [-0.2, 0) is 0 Å². The summed E-state index contributed by atoms with van der Waals surface area (Å²) < 4.78 is 13.3. The highest BCUT2D eigenvalue weighted by Gasteiger charge is 2.31. The summed E-state index contributed by atoms with van der Waals surface area (Å²) in [5.74, 6) is 6.56. The SMILES string of the molecule is CCC1CCCCC1C(NN)c1ccc(F)c(Cl)c1. The Balaban J connectivity index is 2.24. The molecule has 3 atom stereocenters. The summed E-state index contributed by atoms with van der Waals surface area (Å²) in [6.07, 6.45) is 6.14. The van der Waals surface area contributed by atoms with Crippen LogP contribution >= 0.6 is 11.6 Å². The average Bonchev–Trinajstić information content (AvgIpc) is 2.44. The first-order valence-corrected chi connectivity index (χ1v) is 7.46. The Morgan fingerprint density at radius 2 is 2.16 bits per heavy atom. The van der Waals surface area contributed by atoms with Crippen LogP contribution in [0.15, 0.2) is 18.2 Å². The maximum atomic E-state index is 13.3. The molecule has 0 heterocycles. The Kier molecular flexibility index (Phi) is 5.20. The van der Waals surface area contributed by atoms with Gasteiger partial charge in [-0.25, -0.2) is 4.39 Å². The van der Waals surface area contributed by atoms with Crippen molar-refractivity contribution < 1.29 is 4.39 Å². The lowest BCUT2D eigenvalue weighted by Gasteiger charge is -2.36. The van der Waals surface area contributed by atoms with E-state index in [0.717, 1.165) is 12.0 Å². The minimum atomic E-state index is -0.378. The number of rotatable bonds is 4. The summed E-state index contributed by atoms with van der Waals surface area (Å²) in [6.45, 7) is 2.23. The van der Waals surface area contributed by atoms with Crippen molar-refractivity contribution in [2.45, 2.75) is 45.1 Å². The molecule has 1 aliphatic rings. The molecule has 2 rings (SSSR count). The maximum absolute atomic E-state index is 13.3. The summed E-state index contributed by atoms with van der Waals surface area (Å²) in [4.78, 5) is 0. The predicted molar refractivity (Wildman–Crippen MR) is 77.2 cm³/mol. The second-order valence-electron chi connectivity index (χ2n) is 5.43. The van der Waals surface area contributed by atoms with Gasteiger partial charge in [-0.05, 0) is 36.0 Å². The molecule has 0 amide bonds. The van der Waals surface area contributed by atoms with Crippen LogP contribution in [0.3, 0.4) is 0 Å². The van der Waals surface area contributed by atoms with Crippen molar-refractivity contribution in [3.8, 4) is 0 Å². The Hall–Kier alpha value is -0.640. The van der Waals surface area contributed by atoms with Crippen molar-refractivity contribution in [1.29, 1.82) is 0 Å². The first-order chi connectivity index (χ1) is 9.17. The first-order valence-electron chi connectivity index (χ1n) is 7.08. The largest absolute Gasteiger partial charge is 0.271 e. The number of hydrogen-bond acceptors (Lipinski definition) is 2. The third-order valence-electron chi connectivity index (χ3n) is 4.40. The lowest BCUT2D eigenvalue weighted by atomic mass is 9.72. The standard InChI is InChI=1S/C15H22ClFN2/c1-2-10-5-3-4-6-12(10)15(19-18)11-7-8-14(17)13(16)9-11/h7-10,12,15,19H,2-6,18H2,1H3. The fourth-order valence-electron chi connectivity index (χ4n) is 3.35. The van der Waals surface area contributed by atoms with Gasteiger partial charge in [-0.3, -0.25) is 11.3 Å². The minimum Gasteiger partial charge on any atom is -0.271 e. The van der Waals surface area contributed by atoms with Gasteiger partial charge in [0.15, 0.2) is 0 Å². The minimum absolute atomic E-state index is 0.0587. The topological polar surface area (TPSA) is 38.0 Å². The molecule has 1 aromatic carbocycles. The van der Waals surface area contributed by atoms with E-state index in [1.807, 2.05) is 0 Å². The molecule has 1 aromatic rings. The van der Waals surface area contributed by atoms with E-state index in [1.54, 1.807) is 12.1 Å². The average molecular weight is 285 g/mol. The number of halogens is 2. The normalized spacial score (nSPS) is 25.3. The predicted octanol–water partition coefficient (Wildman–Crippen LogP) is 4.20.